The van der Waals surface area contributed by atoms with Crippen molar-refractivity contribution in [1.29, 1.82) is 0 Å². The highest BCUT2D eigenvalue weighted by atomic mass is 35.5. The molecule has 0 aromatic carbocycles. The summed E-state index contributed by atoms with van der Waals surface area (Å²) in [5.41, 5.74) is 6.61. The van der Waals surface area contributed by atoms with Crippen LogP contribution in [-0.2, 0) is 0 Å². The summed E-state index contributed by atoms with van der Waals surface area (Å²) in [4.78, 5) is 4.71. The zero-order valence-corrected chi connectivity index (χ0v) is 5.62. The molecule has 0 aliphatic rings. The highest BCUT2D eigenvalue weighted by Gasteiger charge is 1.99. The number of nitrogens with two attached hydrogens (primary N) is 1. The van der Waals surface area contributed by atoms with Crippen LogP contribution in [0.25, 0.3) is 0 Å². The van der Waals surface area contributed by atoms with Gasteiger partial charge in [0, 0.05) is 6.20 Å². The highest BCUT2D eigenvalue weighted by Crippen LogP contribution is 2.16. The molecule has 0 fully saturated rings. The fourth-order valence-corrected chi connectivity index (χ4v) is 1.07. The van der Waals surface area contributed by atoms with E-state index in [0.717, 1.165) is 4.88 Å². The molecule has 0 saturated heterocycles. The van der Waals surface area contributed by atoms with Crippen molar-refractivity contribution in [3.8, 4) is 0 Å². The molecule has 1 rings (SSSR count). The molecule has 2 nitrogen and oxygen atoms in total. The lowest BCUT2D eigenvalue weighted by molar-refractivity contribution is 1.04. The highest BCUT2D eigenvalue weighted by molar-refractivity contribution is 7.09. The van der Waals surface area contributed by atoms with E-state index < -0.39 is 0 Å². The standard InChI is InChI=1S/C4H5ClN2S/c5-4(6)3-1-7-2-8-3/h1-2,4H,6H2. The lowest BCUT2D eigenvalue weighted by atomic mass is 10.6. The van der Waals surface area contributed by atoms with E-state index in [4.69, 9.17) is 17.3 Å². The molecule has 2 N–H and O–H groups in total. The second kappa shape index (κ2) is 2.44. The molecule has 0 bridgehead atoms. The van der Waals surface area contributed by atoms with Crippen LogP contribution in [0.1, 0.15) is 10.4 Å². The molecule has 4 heteroatoms. The van der Waals surface area contributed by atoms with Crippen LogP contribution < -0.4 is 5.73 Å². The molecule has 44 valence electrons. The maximum Gasteiger partial charge on any atom is 0.116 e. The SMILES string of the molecule is NC(Cl)c1cncs1. The van der Waals surface area contributed by atoms with Crippen molar-refractivity contribution in [3.63, 3.8) is 0 Å². The Balaban J connectivity index is 2.77. The van der Waals surface area contributed by atoms with E-state index in [2.05, 4.69) is 4.98 Å². The summed E-state index contributed by atoms with van der Waals surface area (Å²) in [7, 11) is 0. The zero-order chi connectivity index (χ0) is 5.98. The Labute approximate surface area is 56.3 Å². The van der Waals surface area contributed by atoms with E-state index in [1.807, 2.05) is 0 Å². The van der Waals surface area contributed by atoms with Gasteiger partial charge >= 0.3 is 0 Å². The predicted molar refractivity (Wildman–Crippen MR) is 34.9 cm³/mol. The first-order chi connectivity index (χ1) is 3.80. The van der Waals surface area contributed by atoms with Crippen LogP contribution in [0.4, 0.5) is 0 Å². The summed E-state index contributed by atoms with van der Waals surface area (Å²) < 4.78 is 0. The van der Waals surface area contributed by atoms with E-state index in [1.54, 1.807) is 11.7 Å². The van der Waals surface area contributed by atoms with Crippen LogP contribution in [0.15, 0.2) is 11.7 Å². The Morgan fingerprint density at radius 3 is 2.88 bits per heavy atom. The Hall–Kier alpha value is -0.120. The van der Waals surface area contributed by atoms with Gasteiger partial charge in [0.25, 0.3) is 0 Å². The van der Waals surface area contributed by atoms with Gasteiger partial charge in [0.1, 0.15) is 5.50 Å². The molecule has 0 aliphatic carbocycles. The van der Waals surface area contributed by atoms with E-state index in [9.17, 15) is 0 Å². The van der Waals surface area contributed by atoms with Crippen molar-refractivity contribution in [2.45, 2.75) is 5.50 Å². The number of rotatable bonds is 1. The number of thiazole rings is 1. The molecular formula is C4H5ClN2S. The van der Waals surface area contributed by atoms with Gasteiger partial charge in [-0.1, -0.05) is 11.6 Å². The Morgan fingerprint density at radius 2 is 2.62 bits per heavy atom. The number of hydrogen-bond donors (Lipinski definition) is 1. The van der Waals surface area contributed by atoms with Gasteiger partial charge in [0.2, 0.25) is 0 Å². The Kier molecular flexibility index (Phi) is 1.83. The summed E-state index contributed by atoms with van der Waals surface area (Å²) in [6.45, 7) is 0. The van der Waals surface area contributed by atoms with Gasteiger partial charge in [-0.3, -0.25) is 4.98 Å². The fraction of sp³-hybridized carbons (Fsp3) is 0.250. The number of nitrogens with zero attached hydrogens (tertiary/aromatic N) is 1. The monoisotopic (exact) mass is 148 g/mol. The predicted octanol–water partition coefficient (Wildman–Crippen LogP) is 1.34. The Morgan fingerprint density at radius 1 is 1.88 bits per heavy atom. The van der Waals surface area contributed by atoms with Crippen molar-refractivity contribution in [2.24, 2.45) is 5.73 Å². The van der Waals surface area contributed by atoms with Gasteiger partial charge in [-0.05, 0) is 0 Å². The molecule has 0 radical (unpaired) electrons. The second-order valence-corrected chi connectivity index (χ2v) is 2.69. The van der Waals surface area contributed by atoms with Crippen molar-refractivity contribution in [1.82, 2.24) is 4.98 Å². The van der Waals surface area contributed by atoms with E-state index in [-0.39, 0.29) is 5.50 Å². The summed E-state index contributed by atoms with van der Waals surface area (Å²) in [5, 5.41) is 0. The first-order valence-corrected chi connectivity index (χ1v) is 3.40. The number of alkyl halides is 1. The number of aromatic nitrogens is 1. The fourth-order valence-electron chi connectivity index (χ4n) is 0.362. The van der Waals surface area contributed by atoms with Gasteiger partial charge in [-0.15, -0.1) is 11.3 Å². The van der Waals surface area contributed by atoms with Crippen LogP contribution in [0.3, 0.4) is 0 Å². The van der Waals surface area contributed by atoms with Crippen molar-refractivity contribution in [2.75, 3.05) is 0 Å². The molecule has 1 unspecified atom stereocenters. The smallest absolute Gasteiger partial charge is 0.116 e. The normalized spacial score (nSPS) is 13.8. The summed E-state index contributed by atoms with van der Waals surface area (Å²) >= 11 is 6.96. The van der Waals surface area contributed by atoms with Crippen LogP contribution in [0, 0.1) is 0 Å². The van der Waals surface area contributed by atoms with Crippen LogP contribution in [0.2, 0.25) is 0 Å². The third kappa shape index (κ3) is 1.18. The van der Waals surface area contributed by atoms with Crippen LogP contribution >= 0.6 is 22.9 Å². The minimum atomic E-state index is -0.387. The first kappa shape index (κ1) is 6.01. The quantitative estimate of drug-likeness (QED) is 0.482. The number of hydrogen-bond acceptors (Lipinski definition) is 3. The molecule has 1 heterocycles. The number of halogens is 1. The zero-order valence-electron chi connectivity index (χ0n) is 4.04. The van der Waals surface area contributed by atoms with Gasteiger partial charge in [-0.25, -0.2) is 0 Å². The average molecular weight is 149 g/mol. The molecule has 1 aromatic heterocycles. The molecule has 0 spiro atoms. The summed E-state index contributed by atoms with van der Waals surface area (Å²) in [6, 6.07) is 0. The van der Waals surface area contributed by atoms with Gasteiger partial charge < -0.3 is 5.73 Å². The van der Waals surface area contributed by atoms with Crippen LogP contribution in [0.5, 0.6) is 0 Å². The molecule has 0 amide bonds. The third-order valence-electron chi connectivity index (χ3n) is 0.723. The lowest BCUT2D eigenvalue weighted by Crippen LogP contribution is -1.98. The molecule has 0 saturated carbocycles. The van der Waals surface area contributed by atoms with E-state index in [0.29, 0.717) is 0 Å². The lowest BCUT2D eigenvalue weighted by Gasteiger charge is -1.92. The molecule has 0 aliphatic heterocycles. The summed E-state index contributed by atoms with van der Waals surface area (Å²) in [6.07, 6.45) is 1.67. The largest absolute Gasteiger partial charge is 0.311 e. The maximum atomic E-state index is 5.49. The van der Waals surface area contributed by atoms with Crippen molar-refractivity contribution >= 4 is 22.9 Å². The Bertz CT molecular complexity index is 149. The van der Waals surface area contributed by atoms with Crippen molar-refractivity contribution < 1.29 is 0 Å². The van der Waals surface area contributed by atoms with Gasteiger partial charge in [-0.2, -0.15) is 0 Å². The molecule has 1 atom stereocenters. The third-order valence-corrected chi connectivity index (χ3v) is 1.95. The van der Waals surface area contributed by atoms with Gasteiger partial charge in [0.05, 0.1) is 10.4 Å². The second-order valence-electron chi connectivity index (χ2n) is 1.31. The molecular weight excluding hydrogens is 144 g/mol. The minimum absolute atomic E-state index is 0.387. The maximum absolute atomic E-state index is 5.49. The topological polar surface area (TPSA) is 38.9 Å². The van der Waals surface area contributed by atoms with Gasteiger partial charge in [0.15, 0.2) is 0 Å². The molecule has 1 aromatic rings. The minimum Gasteiger partial charge on any atom is -0.311 e. The van der Waals surface area contributed by atoms with E-state index >= 15 is 0 Å². The average Bonchev–Trinajstić information content (AvgIpc) is 2.12. The summed E-state index contributed by atoms with van der Waals surface area (Å²) in [5.74, 6) is 0. The first-order valence-electron chi connectivity index (χ1n) is 2.09. The van der Waals surface area contributed by atoms with E-state index in [1.165, 1.54) is 11.3 Å². The van der Waals surface area contributed by atoms with Crippen LogP contribution in [-0.4, -0.2) is 4.98 Å². The van der Waals surface area contributed by atoms with Crippen molar-refractivity contribution in [3.05, 3.63) is 16.6 Å². The molecule has 8 heavy (non-hydrogen) atoms.